The molecule has 0 saturated heterocycles. The number of hydrogen-bond acceptors (Lipinski definition) is 2. The first-order chi connectivity index (χ1) is 6.29. The Hall–Kier alpha value is -0.570. The van der Waals surface area contributed by atoms with E-state index in [0.29, 0.717) is 11.8 Å². The van der Waals surface area contributed by atoms with Gasteiger partial charge in [-0.05, 0) is 39.2 Å². The predicted molar refractivity (Wildman–Crippen MR) is 53.3 cm³/mol. The van der Waals surface area contributed by atoms with Crippen LogP contribution in [0.1, 0.15) is 32.6 Å². The molecule has 0 aromatic rings. The average molecular weight is 184 g/mol. The van der Waals surface area contributed by atoms with Gasteiger partial charge in [0, 0.05) is 19.0 Å². The van der Waals surface area contributed by atoms with Gasteiger partial charge in [-0.2, -0.15) is 0 Å². The molecule has 1 amide bonds. The Labute approximate surface area is 80.3 Å². The van der Waals surface area contributed by atoms with Gasteiger partial charge in [-0.25, -0.2) is 0 Å². The maximum atomic E-state index is 11.6. The van der Waals surface area contributed by atoms with E-state index in [-0.39, 0.29) is 0 Å². The van der Waals surface area contributed by atoms with E-state index >= 15 is 0 Å². The number of amides is 1. The summed E-state index contributed by atoms with van der Waals surface area (Å²) in [5, 5.41) is 0. The summed E-state index contributed by atoms with van der Waals surface area (Å²) in [7, 11) is 0. The molecule has 1 saturated carbocycles. The SMILES string of the molecule is CCN(CCCCN)C(=O)C1CC1. The minimum Gasteiger partial charge on any atom is -0.343 e. The number of nitrogens with two attached hydrogens (primary N) is 1. The molecule has 3 heteroatoms. The first kappa shape index (κ1) is 10.5. The van der Waals surface area contributed by atoms with E-state index in [1.54, 1.807) is 0 Å². The highest BCUT2D eigenvalue weighted by Crippen LogP contribution is 2.30. The lowest BCUT2D eigenvalue weighted by Crippen LogP contribution is -2.33. The lowest BCUT2D eigenvalue weighted by molar-refractivity contribution is -0.132. The van der Waals surface area contributed by atoms with Crippen molar-refractivity contribution in [2.24, 2.45) is 11.7 Å². The van der Waals surface area contributed by atoms with Crippen LogP contribution in [0.4, 0.5) is 0 Å². The summed E-state index contributed by atoms with van der Waals surface area (Å²) in [5.74, 6) is 0.720. The highest BCUT2D eigenvalue weighted by molar-refractivity contribution is 5.80. The molecule has 1 rings (SSSR count). The summed E-state index contributed by atoms with van der Waals surface area (Å²) in [4.78, 5) is 13.6. The van der Waals surface area contributed by atoms with Crippen LogP contribution >= 0.6 is 0 Å². The van der Waals surface area contributed by atoms with Crippen molar-refractivity contribution in [3.8, 4) is 0 Å². The van der Waals surface area contributed by atoms with Crippen molar-refractivity contribution in [2.45, 2.75) is 32.6 Å². The summed E-state index contributed by atoms with van der Waals surface area (Å²) in [6.07, 6.45) is 4.27. The van der Waals surface area contributed by atoms with Crippen LogP contribution in [0.5, 0.6) is 0 Å². The van der Waals surface area contributed by atoms with Gasteiger partial charge in [0.1, 0.15) is 0 Å². The van der Waals surface area contributed by atoms with E-state index in [4.69, 9.17) is 5.73 Å². The Bertz CT molecular complexity index is 166. The van der Waals surface area contributed by atoms with Crippen LogP contribution in [0.3, 0.4) is 0 Å². The fourth-order valence-electron chi connectivity index (χ4n) is 1.46. The summed E-state index contributed by atoms with van der Waals surface area (Å²) >= 11 is 0. The molecule has 0 bridgehead atoms. The predicted octanol–water partition coefficient (Wildman–Crippen LogP) is 0.984. The van der Waals surface area contributed by atoms with Gasteiger partial charge in [0.25, 0.3) is 0 Å². The summed E-state index contributed by atoms with van der Waals surface area (Å²) in [6, 6.07) is 0. The lowest BCUT2D eigenvalue weighted by atomic mass is 10.2. The van der Waals surface area contributed by atoms with Crippen molar-refractivity contribution < 1.29 is 4.79 Å². The maximum Gasteiger partial charge on any atom is 0.225 e. The first-order valence-electron chi connectivity index (χ1n) is 5.28. The largest absolute Gasteiger partial charge is 0.343 e. The third kappa shape index (κ3) is 3.35. The van der Waals surface area contributed by atoms with Crippen molar-refractivity contribution in [1.29, 1.82) is 0 Å². The molecule has 0 atom stereocenters. The molecule has 2 N–H and O–H groups in total. The van der Waals surface area contributed by atoms with Gasteiger partial charge in [-0.15, -0.1) is 0 Å². The molecule has 0 aliphatic heterocycles. The number of unbranched alkanes of at least 4 members (excludes halogenated alkanes) is 1. The third-order valence-corrected chi connectivity index (χ3v) is 2.50. The van der Waals surface area contributed by atoms with Crippen LogP contribution in [0, 0.1) is 5.92 Å². The van der Waals surface area contributed by atoms with Gasteiger partial charge in [0.2, 0.25) is 5.91 Å². The van der Waals surface area contributed by atoms with E-state index < -0.39 is 0 Å². The van der Waals surface area contributed by atoms with Crippen molar-refractivity contribution >= 4 is 5.91 Å². The Morgan fingerprint density at radius 1 is 1.46 bits per heavy atom. The minimum atomic E-state index is 0.359. The fraction of sp³-hybridized carbons (Fsp3) is 0.900. The van der Waals surface area contributed by atoms with Gasteiger partial charge in [0.05, 0.1) is 0 Å². The standard InChI is InChI=1S/C10H20N2O/c1-2-12(8-4-3-7-11)10(13)9-5-6-9/h9H,2-8,11H2,1H3. The quantitative estimate of drug-likeness (QED) is 0.626. The van der Waals surface area contributed by atoms with Gasteiger partial charge in [-0.1, -0.05) is 0 Å². The van der Waals surface area contributed by atoms with Crippen LogP contribution in [-0.4, -0.2) is 30.4 Å². The molecule has 76 valence electrons. The van der Waals surface area contributed by atoms with Crippen molar-refractivity contribution in [1.82, 2.24) is 4.90 Å². The normalized spacial score (nSPS) is 15.8. The second kappa shape index (κ2) is 5.22. The van der Waals surface area contributed by atoms with Crippen molar-refractivity contribution in [3.63, 3.8) is 0 Å². The number of carbonyl (C=O) groups is 1. The summed E-state index contributed by atoms with van der Waals surface area (Å²) in [6.45, 7) is 4.51. The van der Waals surface area contributed by atoms with Gasteiger partial charge >= 0.3 is 0 Å². The molecule has 0 radical (unpaired) electrons. The smallest absolute Gasteiger partial charge is 0.225 e. The van der Waals surface area contributed by atoms with E-state index in [0.717, 1.165) is 45.3 Å². The molecule has 1 aliphatic rings. The molecule has 0 aromatic heterocycles. The van der Waals surface area contributed by atoms with E-state index in [1.165, 1.54) is 0 Å². The number of nitrogens with zero attached hydrogens (tertiary/aromatic N) is 1. The molecular formula is C10H20N2O. The second-order valence-electron chi connectivity index (χ2n) is 3.69. The van der Waals surface area contributed by atoms with Gasteiger partial charge < -0.3 is 10.6 Å². The van der Waals surface area contributed by atoms with Crippen molar-refractivity contribution in [3.05, 3.63) is 0 Å². The van der Waals surface area contributed by atoms with E-state index in [2.05, 4.69) is 0 Å². The van der Waals surface area contributed by atoms with Gasteiger partial charge in [0.15, 0.2) is 0 Å². The van der Waals surface area contributed by atoms with Crippen LogP contribution in [0.2, 0.25) is 0 Å². The highest BCUT2D eigenvalue weighted by Gasteiger charge is 2.32. The number of rotatable bonds is 6. The summed E-state index contributed by atoms with van der Waals surface area (Å²) in [5.41, 5.74) is 5.40. The highest BCUT2D eigenvalue weighted by atomic mass is 16.2. The average Bonchev–Trinajstić information content (AvgIpc) is 2.94. The molecule has 3 nitrogen and oxygen atoms in total. The van der Waals surface area contributed by atoms with Crippen LogP contribution < -0.4 is 5.73 Å². The Morgan fingerprint density at radius 3 is 2.62 bits per heavy atom. The molecule has 0 spiro atoms. The van der Waals surface area contributed by atoms with Gasteiger partial charge in [-0.3, -0.25) is 4.79 Å². The lowest BCUT2D eigenvalue weighted by Gasteiger charge is -2.20. The monoisotopic (exact) mass is 184 g/mol. The molecular weight excluding hydrogens is 164 g/mol. The second-order valence-corrected chi connectivity index (χ2v) is 3.69. The first-order valence-corrected chi connectivity index (χ1v) is 5.28. The Balaban J connectivity index is 2.20. The molecule has 1 aliphatic carbocycles. The Morgan fingerprint density at radius 2 is 2.15 bits per heavy atom. The number of hydrogen-bond donors (Lipinski definition) is 1. The van der Waals surface area contributed by atoms with E-state index in [9.17, 15) is 4.79 Å². The van der Waals surface area contributed by atoms with Crippen LogP contribution in [0.25, 0.3) is 0 Å². The van der Waals surface area contributed by atoms with Crippen molar-refractivity contribution in [2.75, 3.05) is 19.6 Å². The number of carbonyl (C=O) groups excluding carboxylic acids is 1. The van der Waals surface area contributed by atoms with E-state index in [1.807, 2.05) is 11.8 Å². The fourth-order valence-corrected chi connectivity index (χ4v) is 1.46. The molecule has 0 aromatic carbocycles. The minimum absolute atomic E-state index is 0.359. The Kier molecular flexibility index (Phi) is 4.22. The summed E-state index contributed by atoms with van der Waals surface area (Å²) < 4.78 is 0. The topological polar surface area (TPSA) is 46.3 Å². The molecule has 0 heterocycles. The zero-order chi connectivity index (χ0) is 9.68. The third-order valence-electron chi connectivity index (χ3n) is 2.50. The van der Waals surface area contributed by atoms with Crippen LogP contribution in [0.15, 0.2) is 0 Å². The maximum absolute atomic E-state index is 11.6. The molecule has 0 unspecified atom stereocenters. The van der Waals surface area contributed by atoms with Crippen LogP contribution in [-0.2, 0) is 4.79 Å². The molecule has 1 fully saturated rings. The zero-order valence-corrected chi connectivity index (χ0v) is 8.46. The zero-order valence-electron chi connectivity index (χ0n) is 8.46. The molecule has 13 heavy (non-hydrogen) atoms.